The fourth-order valence-corrected chi connectivity index (χ4v) is 1.64. The van der Waals surface area contributed by atoms with Crippen molar-refractivity contribution in [2.75, 3.05) is 27.2 Å². The molecule has 0 bridgehead atoms. The number of rotatable bonds is 6. The van der Waals surface area contributed by atoms with Crippen molar-refractivity contribution >= 4 is 5.78 Å². The molecule has 0 aliphatic carbocycles. The highest BCUT2D eigenvalue weighted by atomic mass is 16.1. The Morgan fingerprint density at radius 2 is 1.94 bits per heavy atom. The number of nitrogens with zero attached hydrogens (tertiary/aromatic N) is 1. The summed E-state index contributed by atoms with van der Waals surface area (Å²) < 4.78 is 0. The van der Waals surface area contributed by atoms with Gasteiger partial charge in [-0.1, -0.05) is 29.8 Å². The van der Waals surface area contributed by atoms with Crippen molar-refractivity contribution in [3.63, 3.8) is 0 Å². The van der Waals surface area contributed by atoms with Gasteiger partial charge in [0, 0.05) is 18.7 Å². The molecule has 0 aliphatic rings. The molecule has 17 heavy (non-hydrogen) atoms. The zero-order valence-corrected chi connectivity index (χ0v) is 11.2. The van der Waals surface area contributed by atoms with E-state index in [9.17, 15) is 4.79 Å². The first-order valence-corrected chi connectivity index (χ1v) is 6.02. The number of carbonyl (C=O) groups is 1. The van der Waals surface area contributed by atoms with Gasteiger partial charge in [-0.15, -0.1) is 0 Å². The van der Waals surface area contributed by atoms with Crippen LogP contribution in [0.3, 0.4) is 0 Å². The van der Waals surface area contributed by atoms with Gasteiger partial charge < -0.3 is 5.32 Å². The number of likely N-dealkylation sites (N-methyl/N-ethyl adjacent to an activating group) is 2. The molecule has 0 spiro atoms. The van der Waals surface area contributed by atoms with Gasteiger partial charge in [0.15, 0.2) is 5.78 Å². The van der Waals surface area contributed by atoms with E-state index < -0.39 is 0 Å². The van der Waals surface area contributed by atoms with Crippen molar-refractivity contribution in [1.29, 1.82) is 0 Å². The Kier molecular flexibility index (Phi) is 5.32. The van der Waals surface area contributed by atoms with Crippen molar-refractivity contribution in [2.24, 2.45) is 0 Å². The molecular weight excluding hydrogens is 212 g/mol. The lowest BCUT2D eigenvalue weighted by Crippen LogP contribution is -2.39. The molecule has 1 rings (SSSR count). The summed E-state index contributed by atoms with van der Waals surface area (Å²) in [4.78, 5) is 14.3. The Morgan fingerprint density at radius 3 is 2.47 bits per heavy atom. The lowest BCUT2D eigenvalue weighted by molar-refractivity contribution is 0.0870. The van der Waals surface area contributed by atoms with Crippen molar-refractivity contribution in [1.82, 2.24) is 10.2 Å². The molecular formula is C14H22N2O. The van der Waals surface area contributed by atoms with Gasteiger partial charge in [-0.25, -0.2) is 0 Å². The third kappa shape index (κ3) is 3.95. The van der Waals surface area contributed by atoms with Crippen molar-refractivity contribution < 1.29 is 4.79 Å². The van der Waals surface area contributed by atoms with Crippen LogP contribution >= 0.6 is 0 Å². The van der Waals surface area contributed by atoms with Crippen molar-refractivity contribution in [3.8, 4) is 0 Å². The third-order valence-electron chi connectivity index (χ3n) is 3.09. The van der Waals surface area contributed by atoms with Crippen LogP contribution in [0.2, 0.25) is 0 Å². The predicted molar refractivity (Wildman–Crippen MR) is 71.5 cm³/mol. The van der Waals surface area contributed by atoms with Gasteiger partial charge in [-0.3, -0.25) is 9.69 Å². The maximum absolute atomic E-state index is 12.2. The van der Waals surface area contributed by atoms with Crippen LogP contribution in [0, 0.1) is 6.92 Å². The van der Waals surface area contributed by atoms with Gasteiger partial charge in [-0.05, 0) is 27.9 Å². The summed E-state index contributed by atoms with van der Waals surface area (Å²) in [6.45, 7) is 5.74. The van der Waals surface area contributed by atoms with Crippen LogP contribution in [-0.4, -0.2) is 43.9 Å². The molecule has 1 atom stereocenters. The molecule has 0 saturated carbocycles. The SMILES string of the molecule is CNCCN(C)C(C)C(=O)c1ccc(C)cc1. The molecule has 1 unspecified atom stereocenters. The number of Topliss-reactive ketones (excluding diaryl/α,β-unsaturated/α-hetero) is 1. The number of benzene rings is 1. The van der Waals surface area contributed by atoms with Crippen LogP contribution in [0.25, 0.3) is 0 Å². The quantitative estimate of drug-likeness (QED) is 0.761. The molecule has 1 aromatic carbocycles. The first-order valence-electron chi connectivity index (χ1n) is 6.02. The Bertz CT molecular complexity index is 359. The van der Waals surface area contributed by atoms with E-state index in [-0.39, 0.29) is 11.8 Å². The summed E-state index contributed by atoms with van der Waals surface area (Å²) in [7, 11) is 3.90. The van der Waals surface area contributed by atoms with Crippen LogP contribution in [0.4, 0.5) is 0 Å². The lowest BCUT2D eigenvalue weighted by Gasteiger charge is -2.23. The minimum absolute atomic E-state index is 0.0777. The Balaban J connectivity index is 2.65. The number of nitrogens with one attached hydrogen (secondary N) is 1. The molecule has 1 aromatic rings. The lowest BCUT2D eigenvalue weighted by atomic mass is 10.0. The highest BCUT2D eigenvalue weighted by Crippen LogP contribution is 2.09. The first kappa shape index (κ1) is 13.9. The van der Waals surface area contributed by atoms with Gasteiger partial charge in [-0.2, -0.15) is 0 Å². The number of hydrogen-bond acceptors (Lipinski definition) is 3. The first-order chi connectivity index (χ1) is 8.06. The highest BCUT2D eigenvalue weighted by Gasteiger charge is 2.18. The number of hydrogen-bond donors (Lipinski definition) is 1. The topological polar surface area (TPSA) is 32.3 Å². The van der Waals surface area contributed by atoms with Crippen LogP contribution < -0.4 is 5.32 Å². The van der Waals surface area contributed by atoms with E-state index in [1.807, 2.05) is 52.2 Å². The molecule has 0 radical (unpaired) electrons. The number of aryl methyl sites for hydroxylation is 1. The van der Waals surface area contributed by atoms with Gasteiger partial charge >= 0.3 is 0 Å². The van der Waals surface area contributed by atoms with Gasteiger partial charge in [0.1, 0.15) is 0 Å². The van der Waals surface area contributed by atoms with E-state index >= 15 is 0 Å². The van der Waals surface area contributed by atoms with Crippen LogP contribution in [-0.2, 0) is 0 Å². The van der Waals surface area contributed by atoms with Gasteiger partial charge in [0.25, 0.3) is 0 Å². The third-order valence-corrected chi connectivity index (χ3v) is 3.09. The molecule has 3 nitrogen and oxygen atoms in total. The molecule has 0 aromatic heterocycles. The van der Waals surface area contributed by atoms with E-state index in [1.165, 1.54) is 5.56 Å². The second-order valence-corrected chi connectivity index (χ2v) is 4.49. The van der Waals surface area contributed by atoms with Gasteiger partial charge in [0.05, 0.1) is 6.04 Å². The molecule has 0 heterocycles. The predicted octanol–water partition coefficient (Wildman–Crippen LogP) is 1.72. The average molecular weight is 234 g/mol. The smallest absolute Gasteiger partial charge is 0.179 e. The summed E-state index contributed by atoms with van der Waals surface area (Å²) in [6, 6.07) is 7.69. The summed E-state index contributed by atoms with van der Waals surface area (Å²) in [5, 5.41) is 3.09. The minimum atomic E-state index is -0.0777. The molecule has 94 valence electrons. The summed E-state index contributed by atoms with van der Waals surface area (Å²) in [5.41, 5.74) is 1.97. The maximum atomic E-state index is 12.2. The fraction of sp³-hybridized carbons (Fsp3) is 0.500. The van der Waals surface area contributed by atoms with Crippen molar-refractivity contribution in [2.45, 2.75) is 19.9 Å². The standard InChI is InChI=1S/C14H22N2O/c1-11-5-7-13(8-6-11)14(17)12(2)16(4)10-9-15-3/h5-8,12,15H,9-10H2,1-4H3. The summed E-state index contributed by atoms with van der Waals surface area (Å²) in [6.07, 6.45) is 0. The van der Waals surface area contributed by atoms with E-state index in [1.54, 1.807) is 0 Å². The molecule has 0 aliphatic heterocycles. The van der Waals surface area contributed by atoms with E-state index in [4.69, 9.17) is 0 Å². The largest absolute Gasteiger partial charge is 0.318 e. The normalized spacial score (nSPS) is 12.8. The zero-order chi connectivity index (χ0) is 12.8. The van der Waals surface area contributed by atoms with Crippen molar-refractivity contribution in [3.05, 3.63) is 35.4 Å². The second-order valence-electron chi connectivity index (χ2n) is 4.49. The number of carbonyl (C=O) groups excluding carboxylic acids is 1. The molecule has 1 N–H and O–H groups in total. The highest BCUT2D eigenvalue weighted by molar-refractivity contribution is 5.99. The Morgan fingerprint density at radius 1 is 1.35 bits per heavy atom. The molecule has 0 amide bonds. The van der Waals surface area contributed by atoms with E-state index in [0.29, 0.717) is 0 Å². The Labute approximate surface area is 104 Å². The van der Waals surface area contributed by atoms with Crippen LogP contribution in [0.15, 0.2) is 24.3 Å². The van der Waals surface area contributed by atoms with Gasteiger partial charge in [0.2, 0.25) is 0 Å². The molecule has 3 heteroatoms. The zero-order valence-electron chi connectivity index (χ0n) is 11.2. The number of ketones is 1. The summed E-state index contributed by atoms with van der Waals surface area (Å²) in [5.74, 6) is 0.184. The Hall–Kier alpha value is -1.19. The molecule has 0 saturated heterocycles. The van der Waals surface area contributed by atoms with E-state index in [0.717, 1.165) is 18.7 Å². The fourth-order valence-electron chi connectivity index (χ4n) is 1.64. The maximum Gasteiger partial charge on any atom is 0.179 e. The van der Waals surface area contributed by atoms with Crippen LogP contribution in [0.5, 0.6) is 0 Å². The summed E-state index contributed by atoms with van der Waals surface area (Å²) >= 11 is 0. The van der Waals surface area contributed by atoms with E-state index in [2.05, 4.69) is 10.2 Å². The second kappa shape index (κ2) is 6.52. The minimum Gasteiger partial charge on any atom is -0.318 e. The monoisotopic (exact) mass is 234 g/mol. The average Bonchev–Trinajstić information content (AvgIpc) is 2.35. The van der Waals surface area contributed by atoms with Crippen LogP contribution in [0.1, 0.15) is 22.8 Å². The molecule has 0 fully saturated rings.